The van der Waals surface area contributed by atoms with Crippen LogP contribution in [-0.2, 0) is 9.59 Å². The average Bonchev–Trinajstić information content (AvgIpc) is 3.19. The molecule has 0 unspecified atom stereocenters. The Morgan fingerprint density at radius 1 is 1.20 bits per heavy atom. The largest absolute Gasteiger partial charge is 0.367 e. The topological polar surface area (TPSA) is 99.7 Å². The van der Waals surface area contributed by atoms with E-state index in [9.17, 15) is 9.59 Å². The number of carbonyl (C=O) groups excluding carboxylic acids is 2. The summed E-state index contributed by atoms with van der Waals surface area (Å²) in [6, 6.07) is 2.16. The van der Waals surface area contributed by atoms with E-state index < -0.39 is 5.91 Å². The first-order valence-corrected chi connectivity index (χ1v) is 10.4. The SMILES string of the molecule is [C-]#[N+]C1CCC(C(=O)N2CCN(c3cnc4[nH]cc(/C=C/C(N)=O)c4c3)CC2)CC1. The third-order valence-electron chi connectivity index (χ3n) is 6.16. The zero-order chi connectivity index (χ0) is 21.1. The van der Waals surface area contributed by atoms with Crippen molar-refractivity contribution >= 4 is 34.6 Å². The molecule has 0 bridgehead atoms. The fourth-order valence-electron chi connectivity index (χ4n) is 4.39. The summed E-state index contributed by atoms with van der Waals surface area (Å²) in [7, 11) is 0. The molecule has 3 heterocycles. The maximum Gasteiger partial charge on any atom is 0.241 e. The van der Waals surface area contributed by atoms with Gasteiger partial charge in [-0.2, -0.15) is 0 Å². The van der Waals surface area contributed by atoms with E-state index in [-0.39, 0.29) is 17.9 Å². The van der Waals surface area contributed by atoms with E-state index in [0.717, 1.165) is 61.1 Å². The number of nitrogens with two attached hydrogens (primary N) is 1. The lowest BCUT2D eigenvalue weighted by Gasteiger charge is -2.38. The van der Waals surface area contributed by atoms with Crippen LogP contribution in [0.25, 0.3) is 22.0 Å². The molecule has 1 aliphatic heterocycles. The molecule has 8 heteroatoms. The highest BCUT2D eigenvalue weighted by Crippen LogP contribution is 2.29. The van der Waals surface area contributed by atoms with Gasteiger partial charge >= 0.3 is 0 Å². The molecule has 2 aliphatic rings. The zero-order valence-electron chi connectivity index (χ0n) is 16.9. The van der Waals surface area contributed by atoms with Crippen LogP contribution in [-0.4, -0.2) is 58.9 Å². The highest BCUT2D eigenvalue weighted by atomic mass is 16.2. The molecule has 0 aromatic carbocycles. The van der Waals surface area contributed by atoms with Gasteiger partial charge in [-0.1, -0.05) is 0 Å². The van der Waals surface area contributed by atoms with Crippen molar-refractivity contribution in [2.24, 2.45) is 11.7 Å². The minimum Gasteiger partial charge on any atom is -0.367 e. The van der Waals surface area contributed by atoms with E-state index >= 15 is 0 Å². The van der Waals surface area contributed by atoms with Crippen LogP contribution < -0.4 is 10.6 Å². The van der Waals surface area contributed by atoms with Crippen molar-refractivity contribution in [3.05, 3.63) is 41.5 Å². The Hall–Kier alpha value is -3.34. The number of nitrogens with one attached hydrogen (secondary N) is 1. The molecular weight excluding hydrogens is 380 g/mol. The molecule has 4 rings (SSSR count). The van der Waals surface area contributed by atoms with E-state index in [2.05, 4.69) is 25.8 Å². The molecule has 30 heavy (non-hydrogen) atoms. The molecule has 3 N–H and O–H groups in total. The molecule has 1 saturated carbocycles. The van der Waals surface area contributed by atoms with Gasteiger partial charge in [0, 0.05) is 68.2 Å². The summed E-state index contributed by atoms with van der Waals surface area (Å²) in [4.78, 5) is 39.3. The maximum atomic E-state index is 12.9. The lowest BCUT2D eigenvalue weighted by Crippen LogP contribution is -2.50. The molecule has 1 aliphatic carbocycles. The summed E-state index contributed by atoms with van der Waals surface area (Å²) in [5.41, 5.74) is 7.82. The Bertz CT molecular complexity index is 1000. The van der Waals surface area contributed by atoms with Gasteiger partial charge in [-0.15, -0.1) is 0 Å². The summed E-state index contributed by atoms with van der Waals surface area (Å²) in [6.07, 6.45) is 10.0. The second-order valence-corrected chi connectivity index (χ2v) is 8.02. The Kier molecular flexibility index (Phi) is 5.70. The van der Waals surface area contributed by atoms with Crippen molar-refractivity contribution < 1.29 is 9.59 Å². The number of carbonyl (C=O) groups is 2. The van der Waals surface area contributed by atoms with Crippen LogP contribution in [0.5, 0.6) is 0 Å². The van der Waals surface area contributed by atoms with Crippen LogP contribution in [0.4, 0.5) is 5.69 Å². The molecule has 8 nitrogen and oxygen atoms in total. The van der Waals surface area contributed by atoms with Crippen molar-refractivity contribution in [1.82, 2.24) is 14.9 Å². The highest BCUT2D eigenvalue weighted by Gasteiger charge is 2.32. The molecule has 0 radical (unpaired) electrons. The Labute approximate surface area is 175 Å². The number of aromatic nitrogens is 2. The summed E-state index contributed by atoms with van der Waals surface area (Å²) in [5.74, 6) is -0.167. The molecule has 0 atom stereocenters. The molecule has 2 amide bonds. The second kappa shape index (κ2) is 8.57. The van der Waals surface area contributed by atoms with Gasteiger partial charge in [0.1, 0.15) is 5.65 Å². The first kappa shape index (κ1) is 20.0. The number of anilines is 1. The minimum absolute atomic E-state index is 0.0759. The molecule has 2 aromatic rings. The second-order valence-electron chi connectivity index (χ2n) is 8.02. The Morgan fingerprint density at radius 2 is 1.93 bits per heavy atom. The number of rotatable bonds is 4. The van der Waals surface area contributed by atoms with Crippen molar-refractivity contribution in [1.29, 1.82) is 0 Å². The van der Waals surface area contributed by atoms with Gasteiger partial charge in [0.05, 0.1) is 11.9 Å². The quantitative estimate of drug-likeness (QED) is 0.600. The van der Waals surface area contributed by atoms with Crippen molar-refractivity contribution in [2.75, 3.05) is 31.1 Å². The Balaban J connectivity index is 1.40. The van der Waals surface area contributed by atoms with Crippen LogP contribution in [0.2, 0.25) is 0 Å². The summed E-state index contributed by atoms with van der Waals surface area (Å²) in [6.45, 7) is 10.1. The summed E-state index contributed by atoms with van der Waals surface area (Å²) in [5, 5.41) is 0.931. The van der Waals surface area contributed by atoms with E-state index in [4.69, 9.17) is 12.3 Å². The molecule has 0 spiro atoms. The van der Waals surface area contributed by atoms with Gasteiger partial charge in [-0.05, 0) is 25.0 Å². The average molecular weight is 406 g/mol. The normalized spacial score (nSPS) is 22.4. The van der Waals surface area contributed by atoms with E-state index in [1.807, 2.05) is 11.1 Å². The van der Waals surface area contributed by atoms with E-state index in [1.54, 1.807) is 12.3 Å². The number of hydrogen-bond donors (Lipinski definition) is 2. The monoisotopic (exact) mass is 406 g/mol. The number of H-pyrrole nitrogens is 1. The van der Waals surface area contributed by atoms with Gasteiger partial charge < -0.3 is 25.4 Å². The van der Waals surface area contributed by atoms with Crippen LogP contribution in [0.3, 0.4) is 0 Å². The summed E-state index contributed by atoms with van der Waals surface area (Å²) >= 11 is 0. The number of primary amides is 1. The first-order valence-electron chi connectivity index (χ1n) is 10.4. The predicted molar refractivity (Wildman–Crippen MR) is 115 cm³/mol. The van der Waals surface area contributed by atoms with Gasteiger partial charge in [0.15, 0.2) is 0 Å². The van der Waals surface area contributed by atoms with Gasteiger partial charge in [0.2, 0.25) is 17.9 Å². The molecule has 1 saturated heterocycles. The van der Waals surface area contributed by atoms with E-state index in [0.29, 0.717) is 13.1 Å². The van der Waals surface area contributed by atoms with Crippen molar-refractivity contribution in [2.45, 2.75) is 31.7 Å². The first-order chi connectivity index (χ1) is 14.5. The minimum atomic E-state index is -0.489. The lowest BCUT2D eigenvalue weighted by atomic mass is 9.85. The van der Waals surface area contributed by atoms with Gasteiger partial charge in [0.25, 0.3) is 0 Å². The zero-order valence-corrected chi connectivity index (χ0v) is 16.9. The number of amides is 2. The summed E-state index contributed by atoms with van der Waals surface area (Å²) < 4.78 is 0. The van der Waals surface area contributed by atoms with Crippen LogP contribution in [0.15, 0.2) is 24.5 Å². The molecule has 156 valence electrons. The van der Waals surface area contributed by atoms with E-state index in [1.165, 1.54) is 6.08 Å². The highest BCUT2D eigenvalue weighted by molar-refractivity contribution is 5.95. The smallest absolute Gasteiger partial charge is 0.241 e. The fourth-order valence-corrected chi connectivity index (χ4v) is 4.39. The number of nitrogens with zero attached hydrogens (tertiary/aromatic N) is 4. The Morgan fingerprint density at radius 3 is 2.60 bits per heavy atom. The van der Waals surface area contributed by atoms with Crippen LogP contribution >= 0.6 is 0 Å². The third kappa shape index (κ3) is 4.15. The number of fused-ring (bicyclic) bond motifs is 1. The number of aromatic amines is 1. The fraction of sp³-hybridized carbons (Fsp3) is 0.455. The van der Waals surface area contributed by atoms with Crippen LogP contribution in [0, 0.1) is 12.5 Å². The molecule has 2 aromatic heterocycles. The third-order valence-corrected chi connectivity index (χ3v) is 6.16. The maximum absolute atomic E-state index is 12.9. The van der Waals surface area contributed by atoms with Gasteiger partial charge in [-0.3, -0.25) is 9.59 Å². The molecular formula is C22H26N6O2. The predicted octanol–water partition coefficient (Wildman–Crippen LogP) is 2.19. The van der Waals surface area contributed by atoms with Gasteiger partial charge in [-0.25, -0.2) is 11.6 Å². The lowest BCUT2D eigenvalue weighted by molar-refractivity contribution is -0.136. The number of hydrogen-bond acceptors (Lipinski definition) is 4. The van der Waals surface area contributed by atoms with Crippen LogP contribution in [0.1, 0.15) is 31.2 Å². The van der Waals surface area contributed by atoms with Crippen molar-refractivity contribution in [3.63, 3.8) is 0 Å². The number of pyridine rings is 1. The van der Waals surface area contributed by atoms with Crippen molar-refractivity contribution in [3.8, 4) is 0 Å². The number of piperazine rings is 1. The molecule has 2 fully saturated rings. The standard InChI is InChI=1S/C22H26N6O2/c1-24-17-5-2-15(3-6-17)22(30)28-10-8-27(9-11-28)18-12-19-16(4-7-20(23)29)13-25-21(19)26-14-18/h4,7,12-15,17H,2-3,5-6,8-11H2,(H2,23,29)(H,25,26)/b7-4+.